The third-order valence-electron chi connectivity index (χ3n) is 3.88. The highest BCUT2D eigenvalue weighted by Crippen LogP contribution is 2.20. The van der Waals surface area contributed by atoms with Gasteiger partial charge in [-0.15, -0.1) is 5.10 Å². The Hall–Kier alpha value is -2.24. The van der Waals surface area contributed by atoms with Gasteiger partial charge in [-0.25, -0.2) is 4.39 Å². The lowest BCUT2D eigenvalue weighted by molar-refractivity contribution is 0.461. The number of halogens is 1. The summed E-state index contributed by atoms with van der Waals surface area (Å²) in [7, 11) is 0. The van der Waals surface area contributed by atoms with Crippen molar-refractivity contribution >= 4 is 11.8 Å². The van der Waals surface area contributed by atoms with Crippen LogP contribution in [0.4, 0.5) is 16.2 Å². The van der Waals surface area contributed by atoms with Crippen LogP contribution in [0.1, 0.15) is 37.7 Å². The van der Waals surface area contributed by atoms with E-state index in [9.17, 15) is 4.39 Å². The van der Waals surface area contributed by atoms with Gasteiger partial charge in [0, 0.05) is 12.6 Å². The molecule has 1 aliphatic rings. The number of aromatic nitrogens is 3. The summed E-state index contributed by atoms with van der Waals surface area (Å²) in [4.78, 5) is 4.43. The van der Waals surface area contributed by atoms with Crippen LogP contribution in [0.5, 0.6) is 0 Å². The predicted molar refractivity (Wildman–Crippen MR) is 84.0 cm³/mol. The monoisotopic (exact) mass is 301 g/mol. The highest BCUT2D eigenvalue weighted by atomic mass is 19.1. The molecule has 0 saturated heterocycles. The molecule has 1 saturated carbocycles. The molecular weight excluding hydrogens is 281 g/mol. The summed E-state index contributed by atoms with van der Waals surface area (Å²) in [5, 5.41) is 14.5. The molecule has 2 aromatic rings. The van der Waals surface area contributed by atoms with Crippen LogP contribution in [0.3, 0.4) is 0 Å². The van der Waals surface area contributed by atoms with Crippen molar-refractivity contribution < 1.29 is 4.39 Å². The summed E-state index contributed by atoms with van der Waals surface area (Å²) in [6.07, 6.45) is 7.88. The number of hydrogen-bond acceptors (Lipinski definition) is 5. The molecule has 0 spiro atoms. The lowest BCUT2D eigenvalue weighted by Crippen LogP contribution is -2.23. The van der Waals surface area contributed by atoms with Crippen molar-refractivity contribution in [3.8, 4) is 0 Å². The van der Waals surface area contributed by atoms with Crippen molar-refractivity contribution in [1.82, 2.24) is 15.2 Å². The minimum Gasteiger partial charge on any atom is -0.366 e. The smallest absolute Gasteiger partial charge is 0.244 e. The Kier molecular flexibility index (Phi) is 4.78. The van der Waals surface area contributed by atoms with Crippen LogP contribution in [-0.4, -0.2) is 21.2 Å². The highest BCUT2D eigenvalue weighted by molar-refractivity contribution is 5.38. The molecule has 5 nitrogen and oxygen atoms in total. The summed E-state index contributed by atoms with van der Waals surface area (Å²) in [6, 6.07) is 6.84. The van der Waals surface area contributed by atoms with Gasteiger partial charge in [-0.2, -0.15) is 10.1 Å². The standard InChI is InChI=1S/C16H20FN5/c17-13-8-6-12(7-9-13)10-18-16-21-15(11-19-22-16)20-14-4-2-1-3-5-14/h6-9,11,14H,1-5,10H2,(H2,18,20,21,22). The second-order valence-electron chi connectivity index (χ2n) is 5.62. The molecule has 1 aromatic carbocycles. The van der Waals surface area contributed by atoms with E-state index in [1.54, 1.807) is 18.3 Å². The van der Waals surface area contributed by atoms with Crippen LogP contribution in [0.25, 0.3) is 0 Å². The Morgan fingerprint density at radius 1 is 1.09 bits per heavy atom. The summed E-state index contributed by atoms with van der Waals surface area (Å²) >= 11 is 0. The van der Waals surface area contributed by atoms with Gasteiger partial charge in [0.2, 0.25) is 5.95 Å². The maximum atomic E-state index is 12.9. The minimum atomic E-state index is -0.236. The van der Waals surface area contributed by atoms with E-state index in [0.29, 0.717) is 18.5 Å². The van der Waals surface area contributed by atoms with Crippen LogP contribution < -0.4 is 10.6 Å². The van der Waals surface area contributed by atoms with E-state index in [4.69, 9.17) is 0 Å². The van der Waals surface area contributed by atoms with Crippen LogP contribution in [0.2, 0.25) is 0 Å². The van der Waals surface area contributed by atoms with Crippen molar-refractivity contribution in [2.75, 3.05) is 10.6 Å². The number of rotatable bonds is 5. The summed E-state index contributed by atoms with van der Waals surface area (Å²) in [5.74, 6) is 0.994. The highest BCUT2D eigenvalue weighted by Gasteiger charge is 2.13. The van der Waals surface area contributed by atoms with Gasteiger partial charge in [-0.3, -0.25) is 0 Å². The summed E-state index contributed by atoms with van der Waals surface area (Å²) in [6.45, 7) is 0.537. The molecule has 1 aliphatic carbocycles. The Morgan fingerprint density at radius 3 is 2.64 bits per heavy atom. The van der Waals surface area contributed by atoms with Gasteiger partial charge in [-0.05, 0) is 30.5 Å². The molecule has 6 heteroatoms. The van der Waals surface area contributed by atoms with Crippen molar-refractivity contribution in [3.05, 3.63) is 41.8 Å². The van der Waals surface area contributed by atoms with Gasteiger partial charge < -0.3 is 10.6 Å². The van der Waals surface area contributed by atoms with E-state index < -0.39 is 0 Å². The minimum absolute atomic E-state index is 0.236. The molecule has 0 bridgehead atoms. The molecular formula is C16H20FN5. The molecule has 22 heavy (non-hydrogen) atoms. The molecule has 1 heterocycles. The lowest BCUT2D eigenvalue weighted by atomic mass is 9.96. The molecule has 0 radical (unpaired) electrons. The molecule has 1 fully saturated rings. The first-order valence-corrected chi connectivity index (χ1v) is 7.74. The fourth-order valence-electron chi connectivity index (χ4n) is 2.69. The summed E-state index contributed by atoms with van der Waals surface area (Å²) < 4.78 is 12.9. The Labute approximate surface area is 129 Å². The number of benzene rings is 1. The van der Waals surface area contributed by atoms with Crippen molar-refractivity contribution in [2.24, 2.45) is 0 Å². The zero-order valence-electron chi connectivity index (χ0n) is 12.4. The second-order valence-corrected chi connectivity index (χ2v) is 5.62. The largest absolute Gasteiger partial charge is 0.366 e. The third kappa shape index (κ3) is 4.13. The van der Waals surface area contributed by atoms with Crippen LogP contribution in [-0.2, 0) is 6.54 Å². The van der Waals surface area contributed by atoms with Gasteiger partial charge in [-0.1, -0.05) is 31.4 Å². The first-order chi connectivity index (χ1) is 10.8. The topological polar surface area (TPSA) is 62.7 Å². The Morgan fingerprint density at radius 2 is 1.86 bits per heavy atom. The average Bonchev–Trinajstić information content (AvgIpc) is 2.56. The van der Waals surface area contributed by atoms with Crippen molar-refractivity contribution in [1.29, 1.82) is 0 Å². The first-order valence-electron chi connectivity index (χ1n) is 7.74. The molecule has 0 aliphatic heterocycles. The fraction of sp³-hybridized carbons (Fsp3) is 0.438. The van der Waals surface area contributed by atoms with E-state index in [-0.39, 0.29) is 5.82 Å². The van der Waals surface area contributed by atoms with E-state index in [2.05, 4.69) is 25.8 Å². The van der Waals surface area contributed by atoms with Crippen molar-refractivity contribution in [2.45, 2.75) is 44.7 Å². The molecule has 0 amide bonds. The average molecular weight is 301 g/mol. The Bertz CT molecular complexity index is 596. The summed E-state index contributed by atoms with van der Waals surface area (Å²) in [5.41, 5.74) is 0.968. The second kappa shape index (κ2) is 7.15. The zero-order chi connectivity index (χ0) is 15.2. The molecule has 0 atom stereocenters. The van der Waals surface area contributed by atoms with Gasteiger partial charge in [0.1, 0.15) is 5.82 Å². The van der Waals surface area contributed by atoms with Gasteiger partial charge in [0.15, 0.2) is 5.82 Å². The predicted octanol–water partition coefficient (Wildman–Crippen LogP) is 3.37. The fourth-order valence-corrected chi connectivity index (χ4v) is 2.69. The van der Waals surface area contributed by atoms with E-state index in [1.165, 1.54) is 44.2 Å². The van der Waals surface area contributed by atoms with Crippen LogP contribution >= 0.6 is 0 Å². The van der Waals surface area contributed by atoms with Gasteiger partial charge in [0.25, 0.3) is 0 Å². The molecule has 2 N–H and O–H groups in total. The maximum Gasteiger partial charge on any atom is 0.244 e. The zero-order valence-corrected chi connectivity index (χ0v) is 12.4. The van der Waals surface area contributed by atoms with E-state index in [0.717, 1.165) is 11.4 Å². The first kappa shape index (κ1) is 14.7. The molecule has 116 valence electrons. The number of nitrogens with zero attached hydrogens (tertiary/aromatic N) is 3. The van der Waals surface area contributed by atoms with Gasteiger partial charge in [0.05, 0.1) is 6.20 Å². The van der Waals surface area contributed by atoms with E-state index in [1.807, 2.05) is 0 Å². The number of anilines is 2. The van der Waals surface area contributed by atoms with E-state index >= 15 is 0 Å². The lowest BCUT2D eigenvalue weighted by Gasteiger charge is -2.23. The number of hydrogen-bond donors (Lipinski definition) is 2. The normalized spacial score (nSPS) is 15.5. The van der Waals surface area contributed by atoms with Crippen LogP contribution in [0.15, 0.2) is 30.5 Å². The number of nitrogens with one attached hydrogen (secondary N) is 2. The Balaban J connectivity index is 1.57. The van der Waals surface area contributed by atoms with Crippen LogP contribution in [0, 0.1) is 5.82 Å². The molecule has 3 rings (SSSR count). The maximum absolute atomic E-state index is 12.9. The molecule has 0 unspecified atom stereocenters. The molecule has 1 aromatic heterocycles. The quantitative estimate of drug-likeness (QED) is 0.886. The van der Waals surface area contributed by atoms with Gasteiger partial charge >= 0.3 is 0 Å². The third-order valence-corrected chi connectivity index (χ3v) is 3.88. The van der Waals surface area contributed by atoms with Crippen molar-refractivity contribution in [3.63, 3.8) is 0 Å². The SMILES string of the molecule is Fc1ccc(CNc2nncc(NC3CCCCC3)n2)cc1.